The zero-order chi connectivity index (χ0) is 18.7. The lowest BCUT2D eigenvalue weighted by Gasteiger charge is -2.32. The second-order valence-corrected chi connectivity index (χ2v) is 6.21. The lowest BCUT2D eigenvalue weighted by Crippen LogP contribution is -2.42. The van der Waals surface area contributed by atoms with Crippen molar-refractivity contribution in [2.75, 3.05) is 31.6 Å². The largest absolute Gasteiger partial charge is 0.370 e. The molecule has 1 fully saturated rings. The minimum absolute atomic E-state index is 0.0496. The maximum atomic E-state index is 12.8. The Bertz CT molecular complexity index is 812. The molecule has 0 spiro atoms. The normalized spacial score (nSPS) is 17.0. The van der Waals surface area contributed by atoms with Crippen molar-refractivity contribution in [3.63, 3.8) is 0 Å². The minimum atomic E-state index is -0.198. The number of ether oxygens (including phenoxy) is 1. The van der Waals surface area contributed by atoms with Crippen LogP contribution in [0.2, 0.25) is 0 Å². The lowest BCUT2D eigenvalue weighted by atomic mass is 10.1. The van der Waals surface area contributed by atoms with Crippen LogP contribution >= 0.6 is 0 Å². The molecule has 0 bridgehead atoms. The smallest absolute Gasteiger partial charge is 0.254 e. The van der Waals surface area contributed by atoms with Crippen LogP contribution in [0.5, 0.6) is 0 Å². The van der Waals surface area contributed by atoms with Crippen LogP contribution < -0.4 is 4.90 Å². The number of aromatic nitrogens is 2. The molecule has 2 heterocycles. The number of morpholine rings is 1. The van der Waals surface area contributed by atoms with Crippen molar-refractivity contribution < 1.29 is 14.3 Å². The number of benzene rings is 1. The Balaban J connectivity index is 1.70. The average Bonchev–Trinajstić information content (AvgIpc) is 3.13. The summed E-state index contributed by atoms with van der Waals surface area (Å²) in [6.07, 6.45) is 4.75. The molecule has 1 aromatic heterocycles. The minimum Gasteiger partial charge on any atom is -0.370 e. The van der Waals surface area contributed by atoms with E-state index < -0.39 is 0 Å². The van der Waals surface area contributed by atoms with Gasteiger partial charge in [-0.25, -0.2) is 0 Å². The number of amides is 2. The van der Waals surface area contributed by atoms with Crippen molar-refractivity contribution in [2.45, 2.75) is 6.10 Å². The molecule has 7 nitrogen and oxygen atoms in total. The van der Waals surface area contributed by atoms with Crippen molar-refractivity contribution in [2.24, 2.45) is 7.05 Å². The third-order valence-electron chi connectivity index (χ3n) is 4.46. The van der Waals surface area contributed by atoms with E-state index in [0.717, 1.165) is 5.56 Å². The first-order valence-corrected chi connectivity index (χ1v) is 8.39. The van der Waals surface area contributed by atoms with Crippen LogP contribution in [0.1, 0.15) is 22.0 Å². The Labute approximate surface area is 152 Å². The number of carbonyl (C=O) groups excluding carboxylic acids is 2. The summed E-state index contributed by atoms with van der Waals surface area (Å²) in [6.45, 7) is 5.00. The number of carbonyl (C=O) groups is 2. The molecule has 26 heavy (non-hydrogen) atoms. The van der Waals surface area contributed by atoms with E-state index in [2.05, 4.69) is 11.7 Å². The Hall–Kier alpha value is -2.93. The highest BCUT2D eigenvalue weighted by atomic mass is 16.5. The van der Waals surface area contributed by atoms with E-state index in [-0.39, 0.29) is 17.9 Å². The number of aryl methyl sites for hydroxylation is 1. The van der Waals surface area contributed by atoms with Crippen LogP contribution in [0.25, 0.3) is 0 Å². The van der Waals surface area contributed by atoms with Crippen LogP contribution in [-0.2, 0) is 16.6 Å². The lowest BCUT2D eigenvalue weighted by molar-refractivity contribution is -0.113. The summed E-state index contributed by atoms with van der Waals surface area (Å²) in [5, 5.41) is 4.16. The number of nitrogens with zero attached hydrogens (tertiary/aromatic N) is 4. The molecule has 1 aliphatic heterocycles. The van der Waals surface area contributed by atoms with E-state index in [4.69, 9.17) is 4.74 Å². The van der Waals surface area contributed by atoms with E-state index in [1.807, 2.05) is 13.2 Å². The van der Waals surface area contributed by atoms with Gasteiger partial charge in [0.15, 0.2) is 0 Å². The summed E-state index contributed by atoms with van der Waals surface area (Å²) >= 11 is 0. The predicted octanol–water partition coefficient (Wildman–Crippen LogP) is 1.78. The van der Waals surface area contributed by atoms with Gasteiger partial charge < -0.3 is 14.5 Å². The van der Waals surface area contributed by atoms with Gasteiger partial charge in [-0.05, 0) is 30.3 Å². The van der Waals surface area contributed by atoms with Crippen LogP contribution in [0.15, 0.2) is 49.3 Å². The maximum Gasteiger partial charge on any atom is 0.254 e. The van der Waals surface area contributed by atoms with Crippen LogP contribution in [0.4, 0.5) is 5.69 Å². The number of hydrogen-bond donors (Lipinski definition) is 0. The number of likely N-dealkylation sites (N-methyl/N-ethyl adjacent to an activating group) is 1. The molecule has 0 aliphatic carbocycles. The molecule has 1 unspecified atom stereocenters. The third-order valence-corrected chi connectivity index (χ3v) is 4.46. The molecule has 1 aromatic carbocycles. The zero-order valence-electron chi connectivity index (χ0n) is 15.0. The molecule has 1 aliphatic rings. The molecule has 2 aromatic rings. The molecule has 3 rings (SSSR count). The molecule has 7 heteroatoms. The average molecular weight is 354 g/mol. The van der Waals surface area contributed by atoms with Gasteiger partial charge in [0.05, 0.1) is 19.3 Å². The molecular formula is C19H22N4O3. The summed E-state index contributed by atoms with van der Waals surface area (Å²) in [4.78, 5) is 27.7. The standard InChI is InChI=1S/C19H22N4O3/c1-4-18(24)22(3)16-7-5-14(6-8-16)19(25)23-9-10-26-17(13-23)15-11-20-21(2)12-15/h4-8,11-12,17H,1,9-10,13H2,2-3H3. The summed E-state index contributed by atoms with van der Waals surface area (Å²) in [6, 6.07) is 6.99. The van der Waals surface area contributed by atoms with Gasteiger partial charge in [-0.1, -0.05) is 6.58 Å². The van der Waals surface area contributed by atoms with Crippen molar-refractivity contribution in [3.8, 4) is 0 Å². The van der Waals surface area contributed by atoms with Gasteiger partial charge in [-0.2, -0.15) is 5.10 Å². The Kier molecular flexibility index (Phi) is 5.18. The van der Waals surface area contributed by atoms with Gasteiger partial charge in [-0.15, -0.1) is 0 Å². The zero-order valence-corrected chi connectivity index (χ0v) is 15.0. The maximum absolute atomic E-state index is 12.8. The second-order valence-electron chi connectivity index (χ2n) is 6.21. The summed E-state index contributed by atoms with van der Waals surface area (Å²) in [7, 11) is 3.52. The fourth-order valence-electron chi connectivity index (χ4n) is 2.92. The van der Waals surface area contributed by atoms with Gasteiger partial charge in [-0.3, -0.25) is 14.3 Å². The third kappa shape index (κ3) is 3.67. The van der Waals surface area contributed by atoms with Crippen molar-refractivity contribution >= 4 is 17.5 Å². The highest BCUT2D eigenvalue weighted by Crippen LogP contribution is 2.23. The molecule has 136 valence electrons. The van der Waals surface area contributed by atoms with Gasteiger partial charge >= 0.3 is 0 Å². The van der Waals surface area contributed by atoms with Crippen molar-refractivity contribution in [1.29, 1.82) is 0 Å². The molecule has 0 radical (unpaired) electrons. The molecular weight excluding hydrogens is 332 g/mol. The van der Waals surface area contributed by atoms with Crippen LogP contribution in [-0.4, -0.2) is 53.2 Å². The van der Waals surface area contributed by atoms with E-state index in [0.29, 0.717) is 30.9 Å². The topological polar surface area (TPSA) is 67.7 Å². The predicted molar refractivity (Wildman–Crippen MR) is 97.9 cm³/mol. The van der Waals surface area contributed by atoms with Crippen molar-refractivity contribution in [3.05, 3.63) is 60.4 Å². The molecule has 2 amide bonds. The second kappa shape index (κ2) is 7.53. The molecule has 1 atom stereocenters. The Morgan fingerprint density at radius 1 is 1.35 bits per heavy atom. The monoisotopic (exact) mass is 354 g/mol. The van der Waals surface area contributed by atoms with E-state index in [1.165, 1.54) is 11.0 Å². The molecule has 1 saturated heterocycles. The molecule has 0 N–H and O–H groups in total. The SMILES string of the molecule is C=CC(=O)N(C)c1ccc(C(=O)N2CCOC(c3cnn(C)c3)C2)cc1. The summed E-state index contributed by atoms with van der Waals surface area (Å²) in [5.41, 5.74) is 2.26. The van der Waals surface area contributed by atoms with Gasteiger partial charge in [0.25, 0.3) is 5.91 Å². The fraction of sp³-hybridized carbons (Fsp3) is 0.316. The Morgan fingerprint density at radius 3 is 2.69 bits per heavy atom. The fourth-order valence-corrected chi connectivity index (χ4v) is 2.92. The van der Waals surface area contributed by atoms with Crippen molar-refractivity contribution in [1.82, 2.24) is 14.7 Å². The first kappa shape index (κ1) is 17.9. The highest BCUT2D eigenvalue weighted by Gasteiger charge is 2.27. The van der Waals surface area contributed by atoms with Gasteiger partial charge in [0.1, 0.15) is 6.10 Å². The van der Waals surface area contributed by atoms with Gasteiger partial charge in [0, 0.05) is 43.7 Å². The first-order chi connectivity index (χ1) is 12.5. The summed E-state index contributed by atoms with van der Waals surface area (Å²) < 4.78 is 7.50. The highest BCUT2D eigenvalue weighted by molar-refractivity contribution is 6.01. The first-order valence-electron chi connectivity index (χ1n) is 8.39. The van der Waals surface area contributed by atoms with Crippen LogP contribution in [0.3, 0.4) is 0 Å². The quantitative estimate of drug-likeness (QED) is 0.785. The van der Waals surface area contributed by atoms with E-state index in [1.54, 1.807) is 47.1 Å². The summed E-state index contributed by atoms with van der Waals surface area (Å²) in [5.74, 6) is -0.247. The number of rotatable bonds is 4. The van der Waals surface area contributed by atoms with Crippen LogP contribution in [0, 0.1) is 0 Å². The van der Waals surface area contributed by atoms with Gasteiger partial charge in [0.2, 0.25) is 5.91 Å². The number of anilines is 1. The number of hydrogen-bond acceptors (Lipinski definition) is 4. The van der Waals surface area contributed by atoms with E-state index >= 15 is 0 Å². The Morgan fingerprint density at radius 2 is 2.08 bits per heavy atom. The molecule has 0 saturated carbocycles. The van der Waals surface area contributed by atoms with E-state index in [9.17, 15) is 9.59 Å².